The Labute approximate surface area is 343 Å². The van der Waals surface area contributed by atoms with Gasteiger partial charge in [0, 0.05) is 65.2 Å². The fourth-order valence-electron chi connectivity index (χ4n) is 7.50. The van der Waals surface area contributed by atoms with Crippen LogP contribution in [0.15, 0.2) is 76.3 Å². The molecule has 17 heteroatoms. The number of likely N-dealkylation sites (tertiary alicyclic amines) is 1. The molecule has 2 saturated heterocycles. The molecule has 0 saturated carbocycles. The number of ether oxygens (including phenoxy) is 1. The van der Waals surface area contributed by atoms with Gasteiger partial charge in [0.15, 0.2) is 5.03 Å². The van der Waals surface area contributed by atoms with Gasteiger partial charge in [-0.2, -0.15) is 13.7 Å². The highest BCUT2D eigenvalue weighted by Gasteiger charge is 2.33. The summed E-state index contributed by atoms with van der Waals surface area (Å²) in [6.45, 7) is 7.78. The maximum absolute atomic E-state index is 14.2. The number of hydrogen-bond acceptors (Lipinski definition) is 13. The van der Waals surface area contributed by atoms with Crippen molar-refractivity contribution in [2.75, 3.05) is 37.7 Å². The van der Waals surface area contributed by atoms with Crippen molar-refractivity contribution in [3.63, 3.8) is 0 Å². The van der Waals surface area contributed by atoms with Crippen molar-refractivity contribution in [3.05, 3.63) is 104 Å². The number of halogens is 1. The molecule has 0 radical (unpaired) electrons. The van der Waals surface area contributed by atoms with E-state index in [0.29, 0.717) is 61.7 Å². The summed E-state index contributed by atoms with van der Waals surface area (Å²) in [5, 5.41) is 12.4. The van der Waals surface area contributed by atoms with E-state index in [1.54, 1.807) is 48.8 Å². The third-order valence-corrected chi connectivity index (χ3v) is 13.0. The van der Waals surface area contributed by atoms with E-state index in [2.05, 4.69) is 47.4 Å². The number of carbonyl (C=O) groups is 1. The monoisotopic (exact) mass is 833 g/mol. The average molecular weight is 834 g/mol. The third kappa shape index (κ3) is 7.41. The van der Waals surface area contributed by atoms with Crippen LogP contribution >= 0.6 is 22.9 Å². The van der Waals surface area contributed by atoms with E-state index in [9.17, 15) is 23.3 Å². The number of rotatable bonds is 9. The van der Waals surface area contributed by atoms with Gasteiger partial charge >= 0.3 is 0 Å². The number of carbonyl (C=O) groups excluding carboxylic acids is 1. The van der Waals surface area contributed by atoms with Crippen molar-refractivity contribution in [2.45, 2.75) is 50.3 Å². The number of nitrogens with zero attached hydrogens (tertiary/aromatic N) is 8. The maximum atomic E-state index is 14.2. The van der Waals surface area contributed by atoms with Gasteiger partial charge in [0.1, 0.15) is 23.3 Å². The molecule has 1 N–H and O–H groups in total. The number of aryl methyl sites for hydroxylation is 1. The molecule has 2 fully saturated rings. The van der Waals surface area contributed by atoms with Crippen molar-refractivity contribution in [1.29, 1.82) is 5.26 Å². The van der Waals surface area contributed by atoms with E-state index in [4.69, 9.17) is 21.3 Å². The van der Waals surface area contributed by atoms with Crippen molar-refractivity contribution in [2.24, 2.45) is 0 Å². The first kappa shape index (κ1) is 39.1. The number of sulfonamides is 1. The van der Waals surface area contributed by atoms with Crippen LogP contribution in [-0.4, -0.2) is 88.7 Å². The van der Waals surface area contributed by atoms with E-state index in [1.807, 2.05) is 6.92 Å². The van der Waals surface area contributed by atoms with E-state index in [0.717, 1.165) is 39.1 Å². The molecule has 0 unspecified atom stereocenters. The Balaban J connectivity index is 1.09. The number of amides is 1. The average Bonchev–Trinajstić information content (AvgIpc) is 3.65. The van der Waals surface area contributed by atoms with Gasteiger partial charge < -0.3 is 9.64 Å². The third-order valence-electron chi connectivity index (χ3n) is 10.5. The maximum Gasteiger partial charge on any atom is 0.281 e. The van der Waals surface area contributed by atoms with Gasteiger partial charge in [-0.1, -0.05) is 29.5 Å². The quantitative estimate of drug-likeness (QED) is 0.190. The first-order chi connectivity index (χ1) is 28.1. The molecule has 14 nitrogen and oxygen atoms in total. The number of nitriles is 1. The Morgan fingerprint density at radius 1 is 1.10 bits per heavy atom. The van der Waals surface area contributed by atoms with Gasteiger partial charge in [-0.25, -0.2) is 19.7 Å². The van der Waals surface area contributed by atoms with Crippen LogP contribution in [0.3, 0.4) is 0 Å². The summed E-state index contributed by atoms with van der Waals surface area (Å²) in [5.41, 5.74) is 2.47. The molecule has 294 valence electrons. The highest BCUT2D eigenvalue weighted by Crippen LogP contribution is 2.37. The summed E-state index contributed by atoms with van der Waals surface area (Å²) in [4.78, 5) is 49.7. The topological polar surface area (TPSA) is 176 Å². The van der Waals surface area contributed by atoms with Gasteiger partial charge in [-0.3, -0.25) is 24.0 Å². The Bertz CT molecular complexity index is 2850. The molecule has 6 aromatic rings. The first-order valence-electron chi connectivity index (χ1n) is 18.6. The number of fused-ring (bicyclic) bond motifs is 2. The second-order valence-corrected chi connectivity index (χ2v) is 16.8. The van der Waals surface area contributed by atoms with Crippen LogP contribution in [0.1, 0.15) is 47.1 Å². The highest BCUT2D eigenvalue weighted by molar-refractivity contribution is 7.90. The molecule has 0 aliphatic carbocycles. The van der Waals surface area contributed by atoms with Crippen LogP contribution < -0.4 is 15.2 Å². The SMILES string of the molecule is CCN(c1ncc2nc(C)n(CC#Cc3ccc(Cl)cc3-c3ccnc4c(C(=O)NS(=O)(=O)c5ccccn5)csc34)c(=O)c2c1C#N)C1CCN(C2COC2)CC1. The molecule has 1 aromatic carbocycles. The number of piperidine rings is 1. The number of benzene rings is 1. The van der Waals surface area contributed by atoms with Gasteiger partial charge in [0.05, 0.1) is 58.7 Å². The molecule has 58 heavy (non-hydrogen) atoms. The Kier molecular flexibility index (Phi) is 11.0. The van der Waals surface area contributed by atoms with Gasteiger partial charge in [-0.05, 0) is 63.1 Å². The summed E-state index contributed by atoms with van der Waals surface area (Å²) in [6.07, 6.45) is 6.26. The molecular formula is C41H36ClN9O5S2. The second kappa shape index (κ2) is 16.2. The van der Waals surface area contributed by atoms with Crippen LogP contribution in [0.4, 0.5) is 5.82 Å². The summed E-state index contributed by atoms with van der Waals surface area (Å²) in [6, 6.07) is 14.3. The van der Waals surface area contributed by atoms with Crippen LogP contribution in [0.25, 0.3) is 32.2 Å². The molecule has 2 aliphatic rings. The number of hydrogen-bond donors (Lipinski definition) is 1. The molecule has 5 aromatic heterocycles. The molecule has 2 aliphatic heterocycles. The fourth-order valence-corrected chi connectivity index (χ4v) is 9.62. The standard InChI is InChI=1S/C41H36ClN9O5S2/c1-3-50(28-12-17-49(18-13-28)29-22-56-23-29)39-32(20-43)36-34(21-46-39)47-25(2)51(41(36)53)16-6-7-26-9-10-27(42)19-31(26)30-11-15-45-37-33(24-57-38(30)37)40(52)48-58(54,55)35-8-4-5-14-44-35/h4-5,8-11,14-15,19,21,24,28-29H,3,12-13,16-18,22-23H2,1-2H3,(H,48,52). The van der Waals surface area contributed by atoms with Crippen molar-refractivity contribution >= 4 is 65.8 Å². The zero-order valence-electron chi connectivity index (χ0n) is 31.5. The van der Waals surface area contributed by atoms with E-state index < -0.39 is 15.9 Å². The van der Waals surface area contributed by atoms with E-state index >= 15 is 0 Å². The lowest BCUT2D eigenvalue weighted by Gasteiger charge is -2.44. The number of anilines is 1. The molecule has 0 bridgehead atoms. The number of aromatic nitrogens is 5. The van der Waals surface area contributed by atoms with E-state index in [-0.39, 0.29) is 39.7 Å². The number of nitrogens with one attached hydrogen (secondary N) is 1. The molecule has 8 rings (SSSR count). The zero-order valence-corrected chi connectivity index (χ0v) is 33.9. The van der Waals surface area contributed by atoms with Crippen molar-refractivity contribution in [3.8, 4) is 29.0 Å². The van der Waals surface area contributed by atoms with Crippen molar-refractivity contribution in [1.82, 2.24) is 34.1 Å². The normalized spacial score (nSPS) is 15.1. The minimum Gasteiger partial charge on any atom is -0.378 e. The Morgan fingerprint density at radius 3 is 2.62 bits per heavy atom. The molecule has 7 heterocycles. The lowest BCUT2D eigenvalue weighted by molar-refractivity contribution is -0.0711. The zero-order chi connectivity index (χ0) is 40.6. The molecule has 0 spiro atoms. The molecule has 1 amide bonds. The summed E-state index contributed by atoms with van der Waals surface area (Å²) in [5.74, 6) is 6.38. The van der Waals surface area contributed by atoms with Crippen LogP contribution in [0.2, 0.25) is 5.02 Å². The lowest BCUT2D eigenvalue weighted by Crippen LogP contribution is -2.54. The van der Waals surface area contributed by atoms with Gasteiger partial charge in [0.2, 0.25) is 0 Å². The number of pyridine rings is 3. The highest BCUT2D eigenvalue weighted by atomic mass is 35.5. The molecular weight excluding hydrogens is 798 g/mol. The van der Waals surface area contributed by atoms with Crippen molar-refractivity contribution < 1.29 is 17.9 Å². The summed E-state index contributed by atoms with van der Waals surface area (Å²) < 4.78 is 35.2. The summed E-state index contributed by atoms with van der Waals surface area (Å²) >= 11 is 7.72. The fraction of sp³-hybridized carbons (Fsp3) is 0.293. The first-order valence-corrected chi connectivity index (χ1v) is 21.3. The Morgan fingerprint density at radius 2 is 1.91 bits per heavy atom. The minimum absolute atomic E-state index is 0.0150. The van der Waals surface area contributed by atoms with Gasteiger partial charge in [-0.15, -0.1) is 11.3 Å². The predicted molar refractivity (Wildman–Crippen MR) is 221 cm³/mol. The second-order valence-electron chi connectivity index (χ2n) is 13.9. The molecule has 0 atom stereocenters. The van der Waals surface area contributed by atoms with E-state index in [1.165, 1.54) is 40.4 Å². The summed E-state index contributed by atoms with van der Waals surface area (Å²) in [7, 11) is -4.22. The largest absolute Gasteiger partial charge is 0.378 e. The lowest BCUT2D eigenvalue weighted by atomic mass is 10.00. The smallest absolute Gasteiger partial charge is 0.281 e. The Hall–Kier alpha value is -5.75. The number of thiophene rings is 1. The minimum atomic E-state index is -4.22. The predicted octanol–water partition coefficient (Wildman–Crippen LogP) is 5.16. The van der Waals surface area contributed by atoms with Crippen LogP contribution in [0.5, 0.6) is 0 Å². The van der Waals surface area contributed by atoms with Gasteiger partial charge in [0.25, 0.3) is 21.5 Å². The van der Waals surface area contributed by atoms with Crippen LogP contribution in [-0.2, 0) is 21.3 Å². The van der Waals surface area contributed by atoms with Crippen LogP contribution in [0, 0.1) is 30.1 Å².